The van der Waals surface area contributed by atoms with Gasteiger partial charge >= 0.3 is 0 Å². The Balaban J connectivity index is 1.92. The molecule has 0 aromatic rings. The highest BCUT2D eigenvalue weighted by molar-refractivity contribution is 4.88. The van der Waals surface area contributed by atoms with E-state index >= 15 is 0 Å². The van der Waals surface area contributed by atoms with Crippen molar-refractivity contribution < 1.29 is 5.11 Å². The fraction of sp³-hybridized carbons (Fsp3) is 1.00. The molecule has 0 amide bonds. The molecule has 0 spiro atoms. The third-order valence-corrected chi connectivity index (χ3v) is 3.68. The van der Waals surface area contributed by atoms with E-state index in [1.165, 1.54) is 38.6 Å². The van der Waals surface area contributed by atoms with Crippen molar-refractivity contribution in [1.82, 2.24) is 5.32 Å². The molecule has 1 rings (SSSR count). The van der Waals surface area contributed by atoms with Crippen LogP contribution in [0, 0.1) is 5.41 Å². The predicted octanol–water partition coefficient (Wildman–Crippen LogP) is 2.32. The minimum Gasteiger partial charge on any atom is -0.396 e. The van der Waals surface area contributed by atoms with Gasteiger partial charge in [-0.1, -0.05) is 13.3 Å². The number of unbranched alkanes of at least 4 members (excludes halogenated alkanes) is 2. The van der Waals surface area contributed by atoms with E-state index in [1.54, 1.807) is 0 Å². The van der Waals surface area contributed by atoms with Gasteiger partial charge in [0.2, 0.25) is 0 Å². The van der Waals surface area contributed by atoms with Crippen molar-refractivity contribution in [3.05, 3.63) is 0 Å². The highest BCUT2D eigenvalue weighted by Gasteiger charge is 2.34. The summed E-state index contributed by atoms with van der Waals surface area (Å²) in [5.74, 6) is 0. The van der Waals surface area contributed by atoms with Crippen LogP contribution in [-0.2, 0) is 0 Å². The van der Waals surface area contributed by atoms with Crippen LogP contribution in [0.15, 0.2) is 0 Å². The van der Waals surface area contributed by atoms with Crippen LogP contribution in [0.1, 0.15) is 51.9 Å². The minimum absolute atomic E-state index is 0.346. The summed E-state index contributed by atoms with van der Waals surface area (Å²) in [6.45, 7) is 5.00. The molecule has 1 saturated carbocycles. The lowest BCUT2D eigenvalue weighted by atomic mass is 9.67. The maximum Gasteiger partial charge on any atom is 0.0431 e. The second-order valence-corrected chi connectivity index (χ2v) is 4.67. The maximum absolute atomic E-state index is 8.62. The second-order valence-electron chi connectivity index (χ2n) is 4.67. The van der Waals surface area contributed by atoms with Gasteiger partial charge in [-0.15, -0.1) is 0 Å². The Bertz CT molecular complexity index is 138. The first-order valence-electron chi connectivity index (χ1n) is 6.14. The standard InChI is InChI=1S/C12H25NO/c1-2-12(7-6-8-12)11-13-9-4-3-5-10-14/h13-14H,2-11H2,1H3. The molecule has 2 N–H and O–H groups in total. The zero-order chi connectivity index (χ0) is 10.3. The van der Waals surface area contributed by atoms with Crippen molar-refractivity contribution in [2.24, 2.45) is 5.41 Å². The molecule has 1 aliphatic carbocycles. The summed E-state index contributed by atoms with van der Waals surface area (Å²) < 4.78 is 0. The third-order valence-electron chi connectivity index (χ3n) is 3.68. The average molecular weight is 199 g/mol. The number of hydrogen-bond acceptors (Lipinski definition) is 2. The monoisotopic (exact) mass is 199 g/mol. The lowest BCUT2D eigenvalue weighted by molar-refractivity contribution is 0.124. The minimum atomic E-state index is 0.346. The smallest absolute Gasteiger partial charge is 0.0431 e. The summed E-state index contributed by atoms with van der Waals surface area (Å²) in [4.78, 5) is 0. The summed E-state index contributed by atoms with van der Waals surface area (Å²) in [6, 6.07) is 0. The van der Waals surface area contributed by atoms with Crippen LogP contribution in [-0.4, -0.2) is 24.8 Å². The lowest BCUT2D eigenvalue weighted by Gasteiger charge is -2.41. The fourth-order valence-electron chi connectivity index (χ4n) is 2.22. The first-order chi connectivity index (χ1) is 6.83. The molecule has 0 unspecified atom stereocenters. The van der Waals surface area contributed by atoms with Gasteiger partial charge in [0.25, 0.3) is 0 Å². The zero-order valence-corrected chi connectivity index (χ0v) is 9.52. The van der Waals surface area contributed by atoms with Gasteiger partial charge in [-0.05, 0) is 50.5 Å². The van der Waals surface area contributed by atoms with Gasteiger partial charge in [-0.3, -0.25) is 0 Å². The molecule has 1 fully saturated rings. The average Bonchev–Trinajstić information content (AvgIpc) is 2.15. The van der Waals surface area contributed by atoms with Gasteiger partial charge in [0.1, 0.15) is 0 Å². The van der Waals surface area contributed by atoms with Crippen molar-refractivity contribution >= 4 is 0 Å². The van der Waals surface area contributed by atoms with E-state index in [1.807, 2.05) is 0 Å². The summed E-state index contributed by atoms with van der Waals surface area (Å²) in [5, 5.41) is 12.2. The molecule has 14 heavy (non-hydrogen) atoms. The van der Waals surface area contributed by atoms with Crippen molar-refractivity contribution in [2.45, 2.75) is 51.9 Å². The van der Waals surface area contributed by atoms with Crippen LogP contribution >= 0.6 is 0 Å². The molecular formula is C12H25NO. The van der Waals surface area contributed by atoms with Crippen molar-refractivity contribution in [3.8, 4) is 0 Å². The van der Waals surface area contributed by atoms with E-state index in [9.17, 15) is 0 Å². The molecule has 0 heterocycles. The Hall–Kier alpha value is -0.0800. The maximum atomic E-state index is 8.62. The third kappa shape index (κ3) is 3.58. The lowest BCUT2D eigenvalue weighted by Crippen LogP contribution is -2.39. The van der Waals surface area contributed by atoms with Crippen LogP contribution in [0.5, 0.6) is 0 Å². The van der Waals surface area contributed by atoms with Crippen LogP contribution < -0.4 is 5.32 Å². The Morgan fingerprint density at radius 2 is 2.00 bits per heavy atom. The second kappa shape index (κ2) is 6.41. The Labute approximate surface area is 88.1 Å². The first kappa shape index (κ1) is 12.0. The number of aliphatic hydroxyl groups excluding tert-OH is 1. The van der Waals surface area contributed by atoms with E-state index in [0.717, 1.165) is 19.4 Å². The molecule has 0 aromatic heterocycles. The van der Waals surface area contributed by atoms with E-state index in [0.29, 0.717) is 12.0 Å². The number of hydrogen-bond donors (Lipinski definition) is 2. The normalized spacial score (nSPS) is 19.3. The summed E-state index contributed by atoms with van der Waals surface area (Å²) in [5.41, 5.74) is 0.650. The molecule has 84 valence electrons. The number of aliphatic hydroxyl groups is 1. The van der Waals surface area contributed by atoms with Gasteiger partial charge in [0.15, 0.2) is 0 Å². The molecule has 0 radical (unpaired) electrons. The van der Waals surface area contributed by atoms with Crippen LogP contribution in [0.4, 0.5) is 0 Å². The van der Waals surface area contributed by atoms with Crippen LogP contribution in [0.25, 0.3) is 0 Å². The molecule has 2 heteroatoms. The molecule has 2 nitrogen and oxygen atoms in total. The van der Waals surface area contributed by atoms with E-state index in [4.69, 9.17) is 5.11 Å². The Morgan fingerprint density at radius 1 is 1.21 bits per heavy atom. The summed E-state index contributed by atoms with van der Waals surface area (Å²) in [7, 11) is 0. The number of rotatable bonds is 8. The quantitative estimate of drug-likeness (QED) is 0.588. The molecule has 0 aromatic carbocycles. The van der Waals surface area contributed by atoms with Gasteiger partial charge in [-0.2, -0.15) is 0 Å². The van der Waals surface area contributed by atoms with Gasteiger partial charge < -0.3 is 10.4 Å². The predicted molar refractivity (Wildman–Crippen MR) is 60.4 cm³/mol. The topological polar surface area (TPSA) is 32.3 Å². The van der Waals surface area contributed by atoms with E-state index in [-0.39, 0.29) is 0 Å². The van der Waals surface area contributed by atoms with Crippen molar-refractivity contribution in [3.63, 3.8) is 0 Å². The van der Waals surface area contributed by atoms with Crippen LogP contribution in [0.3, 0.4) is 0 Å². The highest BCUT2D eigenvalue weighted by atomic mass is 16.2. The molecule has 1 aliphatic rings. The zero-order valence-electron chi connectivity index (χ0n) is 9.52. The summed E-state index contributed by atoms with van der Waals surface area (Å²) >= 11 is 0. The van der Waals surface area contributed by atoms with Crippen molar-refractivity contribution in [1.29, 1.82) is 0 Å². The van der Waals surface area contributed by atoms with Crippen LogP contribution in [0.2, 0.25) is 0 Å². The molecule has 0 saturated heterocycles. The largest absolute Gasteiger partial charge is 0.396 e. The van der Waals surface area contributed by atoms with Gasteiger partial charge in [-0.25, -0.2) is 0 Å². The van der Waals surface area contributed by atoms with Gasteiger partial charge in [0, 0.05) is 13.2 Å². The number of nitrogens with one attached hydrogen (secondary N) is 1. The Kier molecular flexibility index (Phi) is 5.49. The fourth-order valence-corrected chi connectivity index (χ4v) is 2.22. The SMILES string of the molecule is CCC1(CNCCCCCO)CCC1. The molecular weight excluding hydrogens is 174 g/mol. The molecule has 0 atom stereocenters. The van der Waals surface area contributed by atoms with Crippen molar-refractivity contribution in [2.75, 3.05) is 19.7 Å². The molecule has 0 bridgehead atoms. The Morgan fingerprint density at radius 3 is 2.50 bits per heavy atom. The van der Waals surface area contributed by atoms with E-state index in [2.05, 4.69) is 12.2 Å². The van der Waals surface area contributed by atoms with E-state index < -0.39 is 0 Å². The van der Waals surface area contributed by atoms with Gasteiger partial charge in [0.05, 0.1) is 0 Å². The highest BCUT2D eigenvalue weighted by Crippen LogP contribution is 2.42. The molecule has 0 aliphatic heterocycles. The first-order valence-corrected chi connectivity index (χ1v) is 6.14. The summed E-state index contributed by atoms with van der Waals surface area (Å²) in [6.07, 6.45) is 8.93.